The van der Waals surface area contributed by atoms with Crippen molar-refractivity contribution in [2.24, 2.45) is 23.2 Å². The SMILES string of the molecule is COc1ccc2c(c1)[C@]13CCN(CC4CC4)[C@H](C2)[C@]12CCC1C3[C@@H](CN1c1nccc(OC)n1)C2. The molecule has 1 aromatic heterocycles. The number of ether oxygens (including phenoxy) is 2. The van der Waals surface area contributed by atoms with Gasteiger partial charge in [-0.25, -0.2) is 4.98 Å². The zero-order chi connectivity index (χ0) is 23.4. The van der Waals surface area contributed by atoms with Gasteiger partial charge < -0.3 is 14.4 Å². The van der Waals surface area contributed by atoms with E-state index in [-0.39, 0.29) is 5.41 Å². The molecule has 3 saturated carbocycles. The van der Waals surface area contributed by atoms with Crippen molar-refractivity contribution in [1.29, 1.82) is 0 Å². The molecule has 184 valence electrons. The lowest BCUT2D eigenvalue weighted by Crippen LogP contribution is -2.69. The topological polar surface area (TPSA) is 50.7 Å². The van der Waals surface area contributed by atoms with E-state index in [1.807, 2.05) is 19.4 Å². The normalized spacial score (nSPS) is 38.7. The third-order valence-corrected chi connectivity index (χ3v) is 11.1. The fourth-order valence-electron chi connectivity index (χ4n) is 9.88. The van der Waals surface area contributed by atoms with Crippen molar-refractivity contribution in [1.82, 2.24) is 14.9 Å². The Labute approximate surface area is 208 Å². The quantitative estimate of drug-likeness (QED) is 0.654. The van der Waals surface area contributed by atoms with Crippen LogP contribution in [0.25, 0.3) is 0 Å². The first-order chi connectivity index (χ1) is 17.2. The Kier molecular flexibility index (Phi) is 4.23. The van der Waals surface area contributed by atoms with Crippen LogP contribution in [0.15, 0.2) is 30.5 Å². The molecule has 4 aliphatic carbocycles. The van der Waals surface area contributed by atoms with E-state index >= 15 is 0 Å². The van der Waals surface area contributed by atoms with E-state index in [9.17, 15) is 0 Å². The molecule has 2 saturated heterocycles. The Morgan fingerprint density at radius 1 is 1.09 bits per heavy atom. The Hall–Kier alpha value is -2.34. The molecule has 0 spiro atoms. The molecular weight excluding hydrogens is 436 g/mol. The molecule has 35 heavy (non-hydrogen) atoms. The molecule has 3 heterocycles. The summed E-state index contributed by atoms with van der Waals surface area (Å²) in [6.45, 7) is 3.67. The van der Waals surface area contributed by atoms with E-state index in [0.717, 1.165) is 24.2 Å². The van der Waals surface area contributed by atoms with Crippen LogP contribution in [0.4, 0.5) is 5.95 Å². The minimum absolute atomic E-state index is 0.251. The number of rotatable bonds is 5. The van der Waals surface area contributed by atoms with Crippen LogP contribution in [-0.4, -0.2) is 60.8 Å². The standard InChI is InChI=1S/C29H36N4O2/c1-34-21-6-5-19-13-24-28-9-7-23-26(20(15-28)17-33(23)27-30-11-8-25(31-27)35-2)29(28,22(19)14-21)10-12-32(24)16-18-3-4-18/h5-6,8,11,14,18,20,23-24,26H,3-4,7,9-10,12-13,15-17H2,1-2H3/t20-,23?,24-,26?,28-,29+/m1/s1. The molecule has 2 unspecified atom stereocenters. The van der Waals surface area contributed by atoms with E-state index < -0.39 is 0 Å². The van der Waals surface area contributed by atoms with Gasteiger partial charge in [0.1, 0.15) is 5.75 Å². The lowest BCUT2D eigenvalue weighted by atomic mass is 9.43. The predicted molar refractivity (Wildman–Crippen MR) is 134 cm³/mol. The summed E-state index contributed by atoms with van der Waals surface area (Å²) in [4.78, 5) is 15.0. The third-order valence-electron chi connectivity index (χ3n) is 11.1. The van der Waals surface area contributed by atoms with Gasteiger partial charge in [0.25, 0.3) is 0 Å². The Morgan fingerprint density at radius 2 is 2.00 bits per heavy atom. The van der Waals surface area contributed by atoms with E-state index in [0.29, 0.717) is 35.2 Å². The number of hydrogen-bond acceptors (Lipinski definition) is 6. The summed E-state index contributed by atoms with van der Waals surface area (Å²) >= 11 is 0. The van der Waals surface area contributed by atoms with Crippen LogP contribution in [-0.2, 0) is 11.8 Å². The summed E-state index contributed by atoms with van der Waals surface area (Å²) in [7, 11) is 3.51. The highest BCUT2D eigenvalue weighted by Crippen LogP contribution is 2.75. The zero-order valence-corrected chi connectivity index (χ0v) is 20.9. The van der Waals surface area contributed by atoms with Crippen molar-refractivity contribution in [3.63, 3.8) is 0 Å². The maximum atomic E-state index is 5.80. The maximum Gasteiger partial charge on any atom is 0.228 e. The second kappa shape index (κ2) is 7.12. The number of likely N-dealkylation sites (tertiary alicyclic amines) is 1. The fraction of sp³-hybridized carbons (Fsp3) is 0.655. The molecule has 8 rings (SSSR count). The van der Waals surface area contributed by atoms with E-state index in [2.05, 4.69) is 28.0 Å². The van der Waals surface area contributed by atoms with Gasteiger partial charge in [0.2, 0.25) is 11.8 Å². The molecule has 6 nitrogen and oxygen atoms in total. The predicted octanol–water partition coefficient (Wildman–Crippen LogP) is 4.08. The lowest BCUT2D eigenvalue weighted by molar-refractivity contribution is -0.0921. The van der Waals surface area contributed by atoms with Crippen LogP contribution in [0.1, 0.15) is 49.7 Å². The lowest BCUT2D eigenvalue weighted by Gasteiger charge is -2.66. The van der Waals surface area contributed by atoms with Crippen molar-refractivity contribution in [3.05, 3.63) is 41.6 Å². The van der Waals surface area contributed by atoms with Gasteiger partial charge >= 0.3 is 0 Å². The summed E-state index contributed by atoms with van der Waals surface area (Å²) in [5, 5.41) is 0. The summed E-state index contributed by atoms with van der Waals surface area (Å²) < 4.78 is 11.3. The van der Waals surface area contributed by atoms with Crippen molar-refractivity contribution < 1.29 is 9.47 Å². The molecule has 4 bridgehead atoms. The van der Waals surface area contributed by atoms with Gasteiger partial charge in [0, 0.05) is 42.9 Å². The van der Waals surface area contributed by atoms with Crippen LogP contribution in [0.3, 0.4) is 0 Å². The second-order valence-electron chi connectivity index (χ2n) is 12.2. The van der Waals surface area contributed by atoms with Crippen LogP contribution >= 0.6 is 0 Å². The van der Waals surface area contributed by atoms with Gasteiger partial charge in [-0.15, -0.1) is 0 Å². The van der Waals surface area contributed by atoms with Gasteiger partial charge in [0.05, 0.1) is 14.2 Å². The van der Waals surface area contributed by atoms with Crippen LogP contribution in [0.2, 0.25) is 0 Å². The maximum absolute atomic E-state index is 5.80. The summed E-state index contributed by atoms with van der Waals surface area (Å²) in [5.74, 6) is 4.88. The number of anilines is 1. The number of methoxy groups -OCH3 is 2. The number of aromatic nitrogens is 2. The van der Waals surface area contributed by atoms with Crippen LogP contribution in [0.5, 0.6) is 11.6 Å². The summed E-state index contributed by atoms with van der Waals surface area (Å²) in [5.41, 5.74) is 3.88. The van der Waals surface area contributed by atoms with Crippen molar-refractivity contribution in [2.75, 3.05) is 38.8 Å². The number of hydrogen-bond donors (Lipinski definition) is 0. The summed E-state index contributed by atoms with van der Waals surface area (Å²) in [6.07, 6.45) is 11.2. The average molecular weight is 473 g/mol. The molecule has 1 aromatic carbocycles. The smallest absolute Gasteiger partial charge is 0.228 e. The molecule has 2 aliphatic heterocycles. The van der Waals surface area contributed by atoms with Gasteiger partial charge in [-0.1, -0.05) is 6.07 Å². The second-order valence-corrected chi connectivity index (χ2v) is 12.2. The molecule has 0 amide bonds. The van der Waals surface area contributed by atoms with E-state index in [4.69, 9.17) is 19.4 Å². The van der Waals surface area contributed by atoms with Crippen molar-refractivity contribution in [2.45, 2.75) is 62.4 Å². The number of piperidine rings is 1. The molecule has 6 aliphatic rings. The number of nitrogens with zero attached hydrogens (tertiary/aromatic N) is 4. The van der Waals surface area contributed by atoms with Gasteiger partial charge in [-0.2, -0.15) is 4.98 Å². The fourth-order valence-corrected chi connectivity index (χ4v) is 9.88. The first kappa shape index (κ1) is 20.8. The minimum Gasteiger partial charge on any atom is -0.497 e. The highest BCUT2D eigenvalue weighted by molar-refractivity contribution is 5.53. The van der Waals surface area contributed by atoms with Gasteiger partial charge in [0.15, 0.2) is 0 Å². The van der Waals surface area contributed by atoms with E-state index in [1.54, 1.807) is 18.2 Å². The molecular formula is C29H36N4O2. The first-order valence-electron chi connectivity index (χ1n) is 13.7. The Bertz CT molecular complexity index is 1180. The van der Waals surface area contributed by atoms with Gasteiger partial charge in [-0.05, 0) is 97.9 Å². The number of benzene rings is 1. The minimum atomic E-state index is 0.251. The van der Waals surface area contributed by atoms with Crippen LogP contribution in [0, 0.1) is 23.2 Å². The monoisotopic (exact) mass is 472 g/mol. The number of fused-ring (bicyclic) bond motifs is 1. The molecule has 0 radical (unpaired) electrons. The molecule has 5 fully saturated rings. The molecule has 0 N–H and O–H groups in total. The Balaban J connectivity index is 1.27. The average Bonchev–Trinajstić information content (AvgIpc) is 3.58. The zero-order valence-electron chi connectivity index (χ0n) is 20.9. The highest BCUT2D eigenvalue weighted by atomic mass is 16.5. The molecule has 6 heteroatoms. The Morgan fingerprint density at radius 3 is 2.83 bits per heavy atom. The summed E-state index contributed by atoms with van der Waals surface area (Å²) in [6, 6.07) is 10.1. The molecule has 6 atom stereocenters. The largest absolute Gasteiger partial charge is 0.497 e. The third kappa shape index (κ3) is 2.59. The van der Waals surface area contributed by atoms with Gasteiger partial charge in [-0.3, -0.25) is 4.90 Å². The first-order valence-corrected chi connectivity index (χ1v) is 13.7. The van der Waals surface area contributed by atoms with E-state index in [1.165, 1.54) is 58.0 Å². The van der Waals surface area contributed by atoms with Crippen molar-refractivity contribution >= 4 is 5.95 Å². The van der Waals surface area contributed by atoms with Crippen LogP contribution < -0.4 is 14.4 Å². The molecule has 2 aromatic rings. The van der Waals surface area contributed by atoms with Crippen molar-refractivity contribution in [3.8, 4) is 11.6 Å². The highest BCUT2D eigenvalue weighted by Gasteiger charge is 2.76.